The minimum atomic E-state index is -3.55. The number of aryl methyl sites for hydroxylation is 3. The molecule has 7 heteroatoms. The van der Waals surface area contributed by atoms with Gasteiger partial charge in [-0.15, -0.1) is 0 Å². The molecule has 1 aliphatic rings. The van der Waals surface area contributed by atoms with Gasteiger partial charge in [-0.2, -0.15) is 4.31 Å². The molecule has 1 saturated heterocycles. The van der Waals surface area contributed by atoms with E-state index in [4.69, 9.17) is 4.74 Å². The van der Waals surface area contributed by atoms with Crippen LogP contribution in [0.2, 0.25) is 0 Å². The quantitative estimate of drug-likeness (QED) is 0.693. The molecular weight excluding hydrogens is 376 g/mol. The molecule has 28 heavy (non-hydrogen) atoms. The molecule has 1 aromatic rings. The molecule has 158 valence electrons. The number of sulfonamides is 1. The van der Waals surface area contributed by atoms with Crippen molar-refractivity contribution in [1.82, 2.24) is 9.21 Å². The van der Waals surface area contributed by atoms with Gasteiger partial charge in [0.2, 0.25) is 15.9 Å². The van der Waals surface area contributed by atoms with Crippen LogP contribution >= 0.6 is 0 Å². The van der Waals surface area contributed by atoms with E-state index < -0.39 is 10.0 Å². The summed E-state index contributed by atoms with van der Waals surface area (Å²) in [6.07, 6.45) is 1.11. The Kier molecular flexibility index (Phi) is 7.65. The molecule has 1 aromatic carbocycles. The summed E-state index contributed by atoms with van der Waals surface area (Å²) in [5.41, 5.74) is 2.62. The zero-order chi connectivity index (χ0) is 21.1. The van der Waals surface area contributed by atoms with E-state index in [9.17, 15) is 13.2 Å². The first kappa shape index (κ1) is 22.8. The van der Waals surface area contributed by atoms with Crippen molar-refractivity contribution in [3.8, 4) is 0 Å². The standard InChI is InChI=1S/C21H34N2O4S/c1-7-23(18(5)14-27-6)21(24)19-8-10-22(11-9-19)28(25,26)20-16(3)12-15(2)13-17(20)4/h12-13,18-19H,7-11,14H2,1-6H3. The lowest BCUT2D eigenvalue weighted by Gasteiger charge is -2.36. The van der Waals surface area contributed by atoms with E-state index in [-0.39, 0.29) is 17.9 Å². The van der Waals surface area contributed by atoms with Crippen molar-refractivity contribution < 1.29 is 17.9 Å². The lowest BCUT2D eigenvalue weighted by molar-refractivity contribution is -0.139. The summed E-state index contributed by atoms with van der Waals surface area (Å²) in [6, 6.07) is 3.83. The van der Waals surface area contributed by atoms with Gasteiger partial charge >= 0.3 is 0 Å². The highest BCUT2D eigenvalue weighted by Gasteiger charge is 2.35. The fourth-order valence-electron chi connectivity index (χ4n) is 4.30. The van der Waals surface area contributed by atoms with Crippen LogP contribution in [0, 0.1) is 26.7 Å². The van der Waals surface area contributed by atoms with Crippen molar-refractivity contribution in [3.05, 3.63) is 28.8 Å². The Balaban J connectivity index is 2.12. The Hall–Kier alpha value is -1.44. The smallest absolute Gasteiger partial charge is 0.243 e. The summed E-state index contributed by atoms with van der Waals surface area (Å²) in [5, 5.41) is 0. The molecule has 1 aliphatic heterocycles. The summed E-state index contributed by atoms with van der Waals surface area (Å²) in [4.78, 5) is 15.2. The van der Waals surface area contributed by atoms with Crippen LogP contribution in [0.15, 0.2) is 17.0 Å². The number of carbonyl (C=O) groups excluding carboxylic acids is 1. The van der Waals surface area contributed by atoms with Gasteiger partial charge in [0.05, 0.1) is 17.5 Å². The number of hydrogen-bond acceptors (Lipinski definition) is 4. The van der Waals surface area contributed by atoms with Gasteiger partial charge < -0.3 is 9.64 Å². The number of methoxy groups -OCH3 is 1. The van der Waals surface area contributed by atoms with Crippen LogP contribution in [0.25, 0.3) is 0 Å². The number of carbonyl (C=O) groups is 1. The van der Waals surface area contributed by atoms with Crippen molar-refractivity contribution in [2.45, 2.75) is 58.4 Å². The van der Waals surface area contributed by atoms with Crippen LogP contribution < -0.4 is 0 Å². The van der Waals surface area contributed by atoms with Crippen LogP contribution in [0.3, 0.4) is 0 Å². The van der Waals surface area contributed by atoms with Gasteiger partial charge in [-0.25, -0.2) is 8.42 Å². The van der Waals surface area contributed by atoms with E-state index in [2.05, 4.69) is 0 Å². The van der Waals surface area contributed by atoms with Crippen LogP contribution in [-0.2, 0) is 19.6 Å². The average Bonchev–Trinajstić information content (AvgIpc) is 2.61. The van der Waals surface area contributed by atoms with Crippen LogP contribution in [-0.4, -0.2) is 62.9 Å². The van der Waals surface area contributed by atoms with Gasteiger partial charge in [-0.1, -0.05) is 17.7 Å². The van der Waals surface area contributed by atoms with Crippen molar-refractivity contribution in [2.75, 3.05) is 33.4 Å². The molecule has 0 spiro atoms. The number of benzene rings is 1. The van der Waals surface area contributed by atoms with E-state index in [1.165, 1.54) is 4.31 Å². The first-order valence-corrected chi connectivity index (χ1v) is 11.4. The topological polar surface area (TPSA) is 66.9 Å². The molecular formula is C21H34N2O4S. The highest BCUT2D eigenvalue weighted by atomic mass is 32.2. The van der Waals surface area contributed by atoms with E-state index in [1.807, 2.05) is 51.7 Å². The normalized spacial score (nSPS) is 17.5. The zero-order valence-corrected chi connectivity index (χ0v) is 18.8. The minimum Gasteiger partial charge on any atom is -0.383 e. The van der Waals surface area contributed by atoms with Crippen molar-refractivity contribution >= 4 is 15.9 Å². The first-order chi connectivity index (χ1) is 13.1. The van der Waals surface area contributed by atoms with Crippen LogP contribution in [0.1, 0.15) is 43.4 Å². The number of hydrogen-bond donors (Lipinski definition) is 0. The lowest BCUT2D eigenvalue weighted by Crippen LogP contribution is -2.48. The molecule has 2 rings (SSSR count). The number of piperidine rings is 1. The second kappa shape index (κ2) is 9.37. The number of rotatable bonds is 7. The third-order valence-electron chi connectivity index (χ3n) is 5.57. The summed E-state index contributed by atoms with van der Waals surface area (Å²) in [6.45, 7) is 11.5. The second-order valence-corrected chi connectivity index (χ2v) is 9.71. The summed E-state index contributed by atoms with van der Waals surface area (Å²) < 4.78 is 33.2. The maximum Gasteiger partial charge on any atom is 0.243 e. The molecule has 0 radical (unpaired) electrons. The van der Waals surface area contributed by atoms with Crippen molar-refractivity contribution in [2.24, 2.45) is 5.92 Å². The van der Waals surface area contributed by atoms with Gasteiger partial charge in [0, 0.05) is 32.7 Å². The highest BCUT2D eigenvalue weighted by Crippen LogP contribution is 2.29. The Labute approximate surface area is 169 Å². The minimum absolute atomic E-state index is 0.0159. The third kappa shape index (κ3) is 4.75. The Morgan fingerprint density at radius 2 is 1.75 bits per heavy atom. The third-order valence-corrected chi connectivity index (χ3v) is 7.77. The van der Waals surface area contributed by atoms with Gasteiger partial charge in [0.25, 0.3) is 0 Å². The summed E-state index contributed by atoms with van der Waals surface area (Å²) in [7, 11) is -1.92. The first-order valence-electron chi connectivity index (χ1n) is 10.0. The highest BCUT2D eigenvalue weighted by molar-refractivity contribution is 7.89. The second-order valence-electron chi connectivity index (χ2n) is 7.83. The molecule has 6 nitrogen and oxygen atoms in total. The van der Waals surface area contributed by atoms with E-state index in [0.717, 1.165) is 16.7 Å². The van der Waals surface area contributed by atoms with Gasteiger partial charge in [0.1, 0.15) is 0 Å². The average molecular weight is 411 g/mol. The summed E-state index contributed by atoms with van der Waals surface area (Å²) in [5.74, 6) is -0.0299. The van der Waals surface area contributed by atoms with Crippen LogP contribution in [0.4, 0.5) is 0 Å². The molecule has 1 fully saturated rings. The number of ether oxygens (including phenoxy) is 1. The van der Waals surface area contributed by atoms with Gasteiger partial charge in [0.15, 0.2) is 0 Å². The molecule has 1 amide bonds. The maximum absolute atomic E-state index is 13.2. The Bertz CT molecular complexity index is 776. The molecule has 1 unspecified atom stereocenters. The van der Waals surface area contributed by atoms with Crippen molar-refractivity contribution in [1.29, 1.82) is 0 Å². The van der Waals surface area contributed by atoms with Crippen molar-refractivity contribution in [3.63, 3.8) is 0 Å². The fourth-order valence-corrected chi connectivity index (χ4v) is 6.18. The van der Waals surface area contributed by atoms with E-state index in [1.54, 1.807) is 7.11 Å². The number of amides is 1. The maximum atomic E-state index is 13.2. The molecule has 1 heterocycles. The Morgan fingerprint density at radius 1 is 1.21 bits per heavy atom. The molecule has 0 N–H and O–H groups in total. The monoisotopic (exact) mass is 410 g/mol. The fraction of sp³-hybridized carbons (Fsp3) is 0.667. The molecule has 1 atom stereocenters. The lowest BCUT2D eigenvalue weighted by atomic mass is 9.96. The van der Waals surface area contributed by atoms with E-state index >= 15 is 0 Å². The Morgan fingerprint density at radius 3 is 2.21 bits per heavy atom. The molecule has 0 aliphatic carbocycles. The predicted molar refractivity (Wildman–Crippen MR) is 111 cm³/mol. The number of nitrogens with zero attached hydrogens (tertiary/aromatic N) is 2. The van der Waals surface area contributed by atoms with Gasteiger partial charge in [-0.3, -0.25) is 4.79 Å². The molecule has 0 saturated carbocycles. The SMILES string of the molecule is CCN(C(=O)C1CCN(S(=O)(=O)c2c(C)cc(C)cc2C)CC1)C(C)COC. The predicted octanol–water partition coefficient (Wildman–Crippen LogP) is 2.90. The summed E-state index contributed by atoms with van der Waals surface area (Å²) >= 11 is 0. The largest absolute Gasteiger partial charge is 0.383 e. The molecule has 0 aromatic heterocycles. The van der Waals surface area contributed by atoms with Gasteiger partial charge in [-0.05, 0) is 58.6 Å². The number of likely N-dealkylation sites (N-methyl/N-ethyl adjacent to an activating group) is 1. The molecule has 0 bridgehead atoms. The van der Waals surface area contributed by atoms with Crippen LogP contribution in [0.5, 0.6) is 0 Å². The van der Waals surface area contributed by atoms with E-state index in [0.29, 0.717) is 44.0 Å². The zero-order valence-electron chi connectivity index (χ0n) is 18.0.